The summed E-state index contributed by atoms with van der Waals surface area (Å²) in [5.41, 5.74) is 0. The molecule has 3 nitrogen and oxygen atoms in total. The van der Waals surface area contributed by atoms with Gasteiger partial charge in [-0.2, -0.15) is 0 Å². The number of nitrogens with one attached hydrogen (secondary N) is 2. The van der Waals surface area contributed by atoms with Gasteiger partial charge in [-0.25, -0.2) is 0 Å². The van der Waals surface area contributed by atoms with Gasteiger partial charge >= 0.3 is 0 Å². The van der Waals surface area contributed by atoms with E-state index in [0.717, 1.165) is 17.8 Å². The van der Waals surface area contributed by atoms with Crippen molar-refractivity contribution >= 4 is 0 Å². The van der Waals surface area contributed by atoms with Gasteiger partial charge in [0.25, 0.3) is 0 Å². The van der Waals surface area contributed by atoms with E-state index in [9.17, 15) is 0 Å². The Hall–Kier alpha value is -0.120. The van der Waals surface area contributed by atoms with Crippen molar-refractivity contribution in [3.05, 3.63) is 0 Å². The van der Waals surface area contributed by atoms with Gasteiger partial charge in [-0.15, -0.1) is 0 Å². The molecule has 0 radical (unpaired) electrons. The molecule has 2 rings (SSSR count). The lowest BCUT2D eigenvalue weighted by molar-refractivity contribution is 0.218. The first-order valence-corrected chi connectivity index (χ1v) is 10.6. The highest BCUT2D eigenvalue weighted by Crippen LogP contribution is 2.29. The summed E-state index contributed by atoms with van der Waals surface area (Å²) in [7, 11) is 6.31. The standard InChI is InChI=1S/C10H21N.C8H18N2.C3H8/c1-3-9-4-6-10(7-5-9)8-11-2;1-9-7-8-3-5-10(2)6-4-8;1-3-2/h9-11H,3-8H2,1-2H3;8-9H,3-7H2,1-2H3;3H2,1-2H3. The molecular weight excluding hydrogens is 294 g/mol. The van der Waals surface area contributed by atoms with Crippen molar-refractivity contribution in [3.8, 4) is 0 Å². The van der Waals surface area contributed by atoms with Crippen molar-refractivity contribution in [3.63, 3.8) is 0 Å². The fourth-order valence-corrected chi connectivity index (χ4v) is 3.69. The molecule has 2 fully saturated rings. The molecule has 0 aromatic carbocycles. The van der Waals surface area contributed by atoms with Gasteiger partial charge in [0.1, 0.15) is 0 Å². The molecule has 2 aliphatic rings. The van der Waals surface area contributed by atoms with E-state index in [1.807, 2.05) is 7.05 Å². The number of hydrogen-bond acceptors (Lipinski definition) is 3. The first-order valence-electron chi connectivity index (χ1n) is 10.6. The minimum absolute atomic E-state index is 0.932. The quantitative estimate of drug-likeness (QED) is 0.777. The van der Waals surface area contributed by atoms with E-state index in [1.54, 1.807) is 0 Å². The lowest BCUT2D eigenvalue weighted by atomic mass is 9.81. The van der Waals surface area contributed by atoms with E-state index < -0.39 is 0 Å². The molecule has 0 amide bonds. The fraction of sp³-hybridized carbons (Fsp3) is 1.00. The Kier molecular flexibility index (Phi) is 16.3. The zero-order valence-corrected chi connectivity index (χ0v) is 17.7. The topological polar surface area (TPSA) is 27.3 Å². The number of likely N-dealkylation sites (tertiary alicyclic amines) is 1. The van der Waals surface area contributed by atoms with E-state index in [-0.39, 0.29) is 0 Å². The summed E-state index contributed by atoms with van der Waals surface area (Å²) in [6.45, 7) is 11.6. The Morgan fingerprint density at radius 3 is 1.46 bits per heavy atom. The van der Waals surface area contributed by atoms with E-state index >= 15 is 0 Å². The van der Waals surface area contributed by atoms with Crippen molar-refractivity contribution in [1.82, 2.24) is 15.5 Å². The second-order valence-corrected chi connectivity index (χ2v) is 7.86. The Bertz CT molecular complexity index is 241. The molecule has 0 aromatic heterocycles. The van der Waals surface area contributed by atoms with Crippen LogP contribution in [-0.4, -0.2) is 52.2 Å². The smallest absolute Gasteiger partial charge is 0.00187 e. The van der Waals surface area contributed by atoms with E-state index in [0.29, 0.717) is 0 Å². The summed E-state index contributed by atoms with van der Waals surface area (Å²) in [5, 5.41) is 6.50. The van der Waals surface area contributed by atoms with Gasteiger partial charge in [-0.3, -0.25) is 0 Å². The molecule has 1 heterocycles. The van der Waals surface area contributed by atoms with Crippen LogP contribution in [0.2, 0.25) is 0 Å². The summed E-state index contributed by atoms with van der Waals surface area (Å²) in [6.07, 6.45) is 11.3. The first-order chi connectivity index (χ1) is 11.6. The molecule has 1 saturated heterocycles. The normalized spacial score (nSPS) is 25.2. The van der Waals surface area contributed by atoms with Gasteiger partial charge in [0.15, 0.2) is 0 Å². The average Bonchev–Trinajstić information content (AvgIpc) is 2.59. The van der Waals surface area contributed by atoms with Crippen LogP contribution in [0.15, 0.2) is 0 Å². The van der Waals surface area contributed by atoms with Crippen LogP contribution >= 0.6 is 0 Å². The Labute approximate surface area is 153 Å². The number of piperidine rings is 1. The zero-order chi connectivity index (χ0) is 18.2. The lowest BCUT2D eigenvalue weighted by Crippen LogP contribution is -2.34. The van der Waals surface area contributed by atoms with Crippen LogP contribution in [-0.2, 0) is 0 Å². The maximum absolute atomic E-state index is 3.27. The SMILES string of the molecule is CCC.CCC1CCC(CNC)CC1.CNCC1CCN(C)CC1. The summed E-state index contributed by atoms with van der Waals surface area (Å²) in [4.78, 5) is 2.41. The van der Waals surface area contributed by atoms with Crippen molar-refractivity contribution < 1.29 is 0 Å². The molecule has 1 aliphatic carbocycles. The van der Waals surface area contributed by atoms with Crippen LogP contribution in [0.4, 0.5) is 0 Å². The summed E-state index contributed by atoms with van der Waals surface area (Å²) in [6, 6.07) is 0. The predicted octanol–water partition coefficient (Wildman–Crippen LogP) is 4.39. The molecule has 0 aromatic rings. The summed E-state index contributed by atoms with van der Waals surface area (Å²) < 4.78 is 0. The van der Waals surface area contributed by atoms with Gasteiger partial charge in [-0.05, 0) is 90.8 Å². The second kappa shape index (κ2) is 16.4. The highest BCUT2D eigenvalue weighted by molar-refractivity contribution is 4.72. The monoisotopic (exact) mass is 341 g/mol. The van der Waals surface area contributed by atoms with E-state index in [2.05, 4.69) is 50.4 Å². The Morgan fingerprint density at radius 1 is 0.708 bits per heavy atom. The van der Waals surface area contributed by atoms with Gasteiger partial charge in [-0.1, -0.05) is 46.5 Å². The molecule has 2 N–H and O–H groups in total. The largest absolute Gasteiger partial charge is 0.319 e. The maximum Gasteiger partial charge on any atom is -0.00187 e. The van der Waals surface area contributed by atoms with E-state index in [4.69, 9.17) is 0 Å². The van der Waals surface area contributed by atoms with Gasteiger partial charge in [0, 0.05) is 0 Å². The molecule has 1 saturated carbocycles. The third-order valence-electron chi connectivity index (χ3n) is 5.37. The van der Waals surface area contributed by atoms with Crippen molar-refractivity contribution in [2.24, 2.45) is 17.8 Å². The van der Waals surface area contributed by atoms with Crippen LogP contribution in [0.5, 0.6) is 0 Å². The van der Waals surface area contributed by atoms with Gasteiger partial charge in [0.05, 0.1) is 0 Å². The van der Waals surface area contributed by atoms with Crippen LogP contribution in [0.1, 0.15) is 72.1 Å². The highest BCUT2D eigenvalue weighted by atomic mass is 15.1. The molecule has 1 aliphatic heterocycles. The molecule has 3 heteroatoms. The van der Waals surface area contributed by atoms with Crippen LogP contribution in [0, 0.1) is 17.8 Å². The number of nitrogens with zero attached hydrogens (tertiary/aromatic N) is 1. The Balaban J connectivity index is 0.000000381. The molecule has 24 heavy (non-hydrogen) atoms. The zero-order valence-electron chi connectivity index (χ0n) is 17.7. The fourth-order valence-electron chi connectivity index (χ4n) is 3.69. The van der Waals surface area contributed by atoms with Crippen molar-refractivity contribution in [1.29, 1.82) is 0 Å². The summed E-state index contributed by atoms with van der Waals surface area (Å²) >= 11 is 0. The first kappa shape index (κ1) is 23.9. The van der Waals surface area contributed by atoms with Gasteiger partial charge < -0.3 is 15.5 Å². The average molecular weight is 342 g/mol. The molecule has 0 atom stereocenters. The maximum atomic E-state index is 3.27. The lowest BCUT2D eigenvalue weighted by Gasteiger charge is -2.28. The van der Waals surface area contributed by atoms with Crippen molar-refractivity contribution in [2.75, 3.05) is 47.3 Å². The second-order valence-electron chi connectivity index (χ2n) is 7.86. The van der Waals surface area contributed by atoms with Crippen LogP contribution in [0.3, 0.4) is 0 Å². The molecule has 0 bridgehead atoms. The van der Waals surface area contributed by atoms with Crippen molar-refractivity contribution in [2.45, 2.75) is 72.1 Å². The Morgan fingerprint density at radius 2 is 1.08 bits per heavy atom. The van der Waals surface area contributed by atoms with Crippen LogP contribution < -0.4 is 10.6 Å². The number of hydrogen-bond donors (Lipinski definition) is 2. The molecular formula is C21H47N3. The minimum Gasteiger partial charge on any atom is -0.319 e. The van der Waals surface area contributed by atoms with Crippen LogP contribution in [0.25, 0.3) is 0 Å². The molecule has 146 valence electrons. The number of rotatable bonds is 5. The third-order valence-corrected chi connectivity index (χ3v) is 5.37. The minimum atomic E-state index is 0.932. The molecule has 0 spiro atoms. The summed E-state index contributed by atoms with van der Waals surface area (Å²) in [5.74, 6) is 2.95. The molecule has 0 unspecified atom stereocenters. The third kappa shape index (κ3) is 12.3. The highest BCUT2D eigenvalue weighted by Gasteiger charge is 2.18. The predicted molar refractivity (Wildman–Crippen MR) is 110 cm³/mol. The van der Waals surface area contributed by atoms with Gasteiger partial charge in [0.2, 0.25) is 0 Å². The van der Waals surface area contributed by atoms with E-state index in [1.165, 1.54) is 77.5 Å².